The third-order valence-corrected chi connectivity index (χ3v) is 5.39. The first-order valence-corrected chi connectivity index (χ1v) is 8.94. The van der Waals surface area contributed by atoms with E-state index in [1.807, 2.05) is 0 Å². The zero-order valence-corrected chi connectivity index (χ0v) is 14.1. The Labute approximate surface area is 147 Å². The second-order valence-electron chi connectivity index (χ2n) is 6.11. The minimum absolute atomic E-state index is 0.0175. The van der Waals surface area contributed by atoms with Gasteiger partial charge in [0.05, 0.1) is 5.75 Å². The van der Waals surface area contributed by atoms with Crippen molar-refractivity contribution in [1.29, 1.82) is 0 Å². The summed E-state index contributed by atoms with van der Waals surface area (Å²) in [6.07, 6.45) is 3.78. The lowest BCUT2D eigenvalue weighted by molar-refractivity contribution is -0.139. The van der Waals surface area contributed by atoms with E-state index in [9.17, 15) is 23.2 Å². The quantitative estimate of drug-likeness (QED) is 0.631. The average Bonchev–Trinajstić information content (AvgIpc) is 2.80. The van der Waals surface area contributed by atoms with Crippen LogP contribution in [0.1, 0.15) is 32.1 Å². The third kappa shape index (κ3) is 3.60. The fourth-order valence-corrected chi connectivity index (χ4v) is 3.86. The fraction of sp³-hybridized carbons (Fsp3) is 0.438. The van der Waals surface area contributed by atoms with E-state index in [0.29, 0.717) is 17.9 Å². The number of imide groups is 1. The molecule has 25 heavy (non-hydrogen) atoms. The van der Waals surface area contributed by atoms with E-state index in [1.54, 1.807) is 0 Å². The number of nitrogens with one attached hydrogen (secondary N) is 2. The Hall–Kier alpha value is -2.16. The molecule has 0 atom stereocenters. The van der Waals surface area contributed by atoms with Crippen molar-refractivity contribution >= 4 is 29.6 Å². The molecule has 1 saturated carbocycles. The van der Waals surface area contributed by atoms with Gasteiger partial charge in [0.15, 0.2) is 0 Å². The number of carbonyl (C=O) groups is 3. The van der Waals surface area contributed by atoms with E-state index in [0.717, 1.165) is 49.2 Å². The highest BCUT2D eigenvalue weighted by Gasteiger charge is 2.52. The zero-order chi connectivity index (χ0) is 18.0. The van der Waals surface area contributed by atoms with Gasteiger partial charge in [-0.15, -0.1) is 11.8 Å². The number of urea groups is 1. The summed E-state index contributed by atoms with van der Waals surface area (Å²) < 4.78 is 26.7. The third-order valence-electron chi connectivity index (χ3n) is 4.36. The second-order valence-corrected chi connectivity index (χ2v) is 7.13. The topological polar surface area (TPSA) is 78.5 Å². The summed E-state index contributed by atoms with van der Waals surface area (Å²) in [6.45, 7) is 0. The maximum Gasteiger partial charge on any atom is 0.344 e. The molecule has 0 radical (unpaired) electrons. The Kier molecular flexibility index (Phi) is 4.94. The zero-order valence-electron chi connectivity index (χ0n) is 13.3. The molecule has 134 valence electrons. The van der Waals surface area contributed by atoms with Crippen LogP contribution in [-0.2, 0) is 9.59 Å². The first kappa shape index (κ1) is 17.7. The maximum absolute atomic E-state index is 13.5. The molecule has 6 nitrogen and oxygen atoms in total. The van der Waals surface area contributed by atoms with E-state index in [4.69, 9.17) is 0 Å². The lowest BCUT2D eigenvalue weighted by atomic mass is 9.82. The second kappa shape index (κ2) is 6.99. The van der Waals surface area contributed by atoms with Crippen LogP contribution in [-0.4, -0.2) is 34.1 Å². The minimum atomic E-state index is -0.926. The number of hydrogen-bond acceptors (Lipinski definition) is 4. The Bertz CT molecular complexity index is 723. The van der Waals surface area contributed by atoms with Gasteiger partial charge in [0, 0.05) is 4.90 Å². The monoisotopic (exact) mass is 369 g/mol. The van der Waals surface area contributed by atoms with E-state index in [-0.39, 0.29) is 10.6 Å². The number of benzene rings is 1. The number of rotatable bonds is 4. The standard InChI is InChI=1S/C16H17F2N3O3S/c17-10-4-5-11(18)12(8-10)25-9-13(22)20-21-14(23)16(19-15(21)24)6-2-1-3-7-16/h4-5,8H,1-3,6-7,9H2,(H,19,24)(H,20,22). The van der Waals surface area contributed by atoms with Gasteiger partial charge in [-0.3, -0.25) is 15.0 Å². The van der Waals surface area contributed by atoms with Crippen LogP contribution in [0.25, 0.3) is 0 Å². The van der Waals surface area contributed by atoms with Crippen LogP contribution in [0.3, 0.4) is 0 Å². The predicted molar refractivity (Wildman–Crippen MR) is 86.4 cm³/mol. The van der Waals surface area contributed by atoms with Crippen molar-refractivity contribution in [2.24, 2.45) is 0 Å². The number of hydrogen-bond donors (Lipinski definition) is 2. The van der Waals surface area contributed by atoms with Crippen LogP contribution in [0.2, 0.25) is 0 Å². The molecular formula is C16H17F2N3O3S. The molecular weight excluding hydrogens is 352 g/mol. The summed E-state index contributed by atoms with van der Waals surface area (Å²) >= 11 is 0.786. The highest BCUT2D eigenvalue weighted by Crippen LogP contribution is 2.33. The Morgan fingerprint density at radius 1 is 1.24 bits per heavy atom. The minimum Gasteiger partial charge on any atom is -0.322 e. The van der Waals surface area contributed by atoms with Gasteiger partial charge in [-0.05, 0) is 31.0 Å². The van der Waals surface area contributed by atoms with Gasteiger partial charge in [-0.25, -0.2) is 13.6 Å². The summed E-state index contributed by atoms with van der Waals surface area (Å²) in [5.41, 5.74) is 1.32. The van der Waals surface area contributed by atoms with E-state index >= 15 is 0 Å². The molecule has 1 aliphatic heterocycles. The van der Waals surface area contributed by atoms with E-state index in [2.05, 4.69) is 10.7 Å². The summed E-state index contributed by atoms with van der Waals surface area (Å²) in [5, 5.41) is 3.36. The molecule has 1 aliphatic carbocycles. The molecule has 2 aliphatic rings. The number of thioether (sulfide) groups is 1. The van der Waals surface area contributed by atoms with Gasteiger partial charge < -0.3 is 5.32 Å². The van der Waals surface area contributed by atoms with Gasteiger partial charge in [-0.1, -0.05) is 19.3 Å². The molecule has 1 aromatic rings. The SMILES string of the molecule is O=C(CSc1cc(F)ccc1F)NN1C(=O)NC2(CCCCC2)C1=O. The molecule has 0 unspecified atom stereocenters. The molecule has 1 saturated heterocycles. The molecule has 9 heteroatoms. The average molecular weight is 369 g/mol. The summed E-state index contributed by atoms with van der Waals surface area (Å²) in [7, 11) is 0. The first-order chi connectivity index (χ1) is 11.9. The van der Waals surface area contributed by atoms with Crippen molar-refractivity contribution < 1.29 is 23.2 Å². The molecule has 3 rings (SSSR count). The maximum atomic E-state index is 13.5. The predicted octanol–water partition coefficient (Wildman–Crippen LogP) is 2.34. The van der Waals surface area contributed by atoms with Crippen LogP contribution in [0, 0.1) is 11.6 Å². The number of halogens is 2. The Balaban J connectivity index is 1.60. The molecule has 0 aromatic heterocycles. The van der Waals surface area contributed by atoms with Crippen LogP contribution >= 0.6 is 11.8 Å². The van der Waals surface area contributed by atoms with Crippen molar-refractivity contribution in [3.8, 4) is 0 Å². The lowest BCUT2D eigenvalue weighted by Gasteiger charge is -2.30. The van der Waals surface area contributed by atoms with E-state index < -0.39 is 35.0 Å². The molecule has 0 bridgehead atoms. The van der Waals surface area contributed by atoms with Crippen molar-refractivity contribution in [2.45, 2.75) is 42.5 Å². The first-order valence-electron chi connectivity index (χ1n) is 7.95. The summed E-state index contributed by atoms with van der Waals surface area (Å²) in [4.78, 5) is 36.5. The smallest absolute Gasteiger partial charge is 0.322 e. The van der Waals surface area contributed by atoms with Crippen molar-refractivity contribution in [3.63, 3.8) is 0 Å². The summed E-state index contributed by atoms with van der Waals surface area (Å²) in [6, 6.07) is 2.27. The van der Waals surface area contributed by atoms with Crippen molar-refractivity contribution in [3.05, 3.63) is 29.8 Å². The number of hydrazine groups is 1. The highest BCUT2D eigenvalue weighted by molar-refractivity contribution is 8.00. The fourth-order valence-electron chi connectivity index (χ4n) is 3.10. The Morgan fingerprint density at radius 2 is 1.96 bits per heavy atom. The van der Waals surface area contributed by atoms with Crippen LogP contribution in [0.15, 0.2) is 23.1 Å². The summed E-state index contributed by atoms with van der Waals surface area (Å²) in [5.74, 6) is -2.63. The van der Waals surface area contributed by atoms with Crippen molar-refractivity contribution in [1.82, 2.24) is 15.8 Å². The van der Waals surface area contributed by atoms with E-state index in [1.165, 1.54) is 0 Å². The molecule has 1 aromatic carbocycles. The molecule has 1 heterocycles. The highest BCUT2D eigenvalue weighted by atomic mass is 32.2. The van der Waals surface area contributed by atoms with Crippen LogP contribution in [0.5, 0.6) is 0 Å². The van der Waals surface area contributed by atoms with Gasteiger partial charge in [0.2, 0.25) is 5.91 Å². The van der Waals surface area contributed by atoms with Gasteiger partial charge in [-0.2, -0.15) is 5.01 Å². The number of amides is 4. The van der Waals surface area contributed by atoms with Gasteiger partial charge in [0.25, 0.3) is 5.91 Å². The van der Waals surface area contributed by atoms with Gasteiger partial charge >= 0.3 is 6.03 Å². The molecule has 2 fully saturated rings. The number of carbonyl (C=O) groups excluding carboxylic acids is 3. The van der Waals surface area contributed by atoms with Crippen molar-refractivity contribution in [2.75, 3.05) is 5.75 Å². The largest absolute Gasteiger partial charge is 0.344 e. The molecule has 1 spiro atoms. The molecule has 4 amide bonds. The van der Waals surface area contributed by atoms with Crippen LogP contribution in [0.4, 0.5) is 13.6 Å². The number of nitrogens with zero attached hydrogens (tertiary/aromatic N) is 1. The van der Waals surface area contributed by atoms with Crippen LogP contribution < -0.4 is 10.7 Å². The lowest BCUT2D eigenvalue weighted by Crippen LogP contribution is -2.51. The molecule has 2 N–H and O–H groups in total. The normalized spacial score (nSPS) is 19.2. The Morgan fingerprint density at radius 3 is 2.68 bits per heavy atom. The van der Waals surface area contributed by atoms with Gasteiger partial charge in [0.1, 0.15) is 17.2 Å².